The van der Waals surface area contributed by atoms with Crippen LogP contribution in [0.5, 0.6) is 5.75 Å². The number of aryl methyl sites for hydroxylation is 1. The lowest BCUT2D eigenvalue weighted by Crippen LogP contribution is -2.29. The van der Waals surface area contributed by atoms with Crippen molar-refractivity contribution in [2.24, 2.45) is 0 Å². The van der Waals surface area contributed by atoms with Gasteiger partial charge in [0, 0.05) is 11.3 Å². The summed E-state index contributed by atoms with van der Waals surface area (Å²) in [5, 5.41) is 11.3. The number of ketones is 1. The Bertz CT molecular complexity index is 1240. The van der Waals surface area contributed by atoms with E-state index in [1.807, 2.05) is 30.3 Å². The largest absolute Gasteiger partial charge is 0.507 e. The molecule has 3 heterocycles. The summed E-state index contributed by atoms with van der Waals surface area (Å²) >= 11 is 0. The number of rotatable bonds is 4. The van der Waals surface area contributed by atoms with Gasteiger partial charge in [0.2, 0.25) is 0 Å². The third-order valence-electron chi connectivity index (χ3n) is 6.28. The van der Waals surface area contributed by atoms with Gasteiger partial charge in [-0.1, -0.05) is 26.0 Å². The maximum Gasteiger partial charge on any atom is 0.300 e. The lowest BCUT2D eigenvalue weighted by molar-refractivity contribution is -0.132. The number of aliphatic hydroxyl groups is 1. The van der Waals surface area contributed by atoms with Crippen LogP contribution in [-0.4, -0.2) is 23.4 Å². The molecule has 6 heteroatoms. The van der Waals surface area contributed by atoms with Gasteiger partial charge in [-0.25, -0.2) is 0 Å². The number of hydrogen-bond acceptors (Lipinski definition) is 5. The molecule has 1 amide bonds. The van der Waals surface area contributed by atoms with E-state index in [-0.39, 0.29) is 11.3 Å². The highest BCUT2D eigenvalue weighted by atomic mass is 16.5. The number of amides is 1. The van der Waals surface area contributed by atoms with Crippen LogP contribution in [-0.2, 0) is 16.0 Å². The Balaban J connectivity index is 1.63. The predicted octanol–water partition coefficient (Wildman–Crippen LogP) is 5.35. The second-order valence-corrected chi connectivity index (χ2v) is 8.71. The lowest BCUT2D eigenvalue weighted by atomic mass is 9.96. The van der Waals surface area contributed by atoms with E-state index in [9.17, 15) is 14.7 Å². The van der Waals surface area contributed by atoms with Crippen LogP contribution in [0.2, 0.25) is 0 Å². The fourth-order valence-corrected chi connectivity index (χ4v) is 4.50. The number of ether oxygens (including phenoxy) is 1. The molecule has 6 nitrogen and oxygen atoms in total. The van der Waals surface area contributed by atoms with Crippen LogP contribution in [0.1, 0.15) is 54.7 Å². The molecule has 0 spiro atoms. The molecule has 0 aliphatic carbocycles. The molecule has 1 saturated heterocycles. The molecule has 1 unspecified atom stereocenters. The fraction of sp³-hybridized carbons (Fsp3) is 0.259. The van der Waals surface area contributed by atoms with Gasteiger partial charge in [0.15, 0.2) is 0 Å². The zero-order chi connectivity index (χ0) is 23.1. The summed E-state index contributed by atoms with van der Waals surface area (Å²) in [4.78, 5) is 27.8. The van der Waals surface area contributed by atoms with Gasteiger partial charge in [-0.05, 0) is 72.4 Å². The Kier molecular flexibility index (Phi) is 5.29. The zero-order valence-electron chi connectivity index (χ0n) is 18.6. The van der Waals surface area contributed by atoms with Crippen molar-refractivity contribution in [2.45, 2.75) is 38.6 Å². The van der Waals surface area contributed by atoms with Crippen molar-refractivity contribution < 1.29 is 23.8 Å². The van der Waals surface area contributed by atoms with E-state index >= 15 is 0 Å². The molecule has 2 aliphatic heterocycles. The van der Waals surface area contributed by atoms with Gasteiger partial charge in [0.1, 0.15) is 23.3 Å². The minimum Gasteiger partial charge on any atom is -0.507 e. The van der Waals surface area contributed by atoms with Crippen LogP contribution in [0.25, 0.3) is 5.76 Å². The molecule has 0 radical (unpaired) electrons. The number of carbonyl (C=O) groups is 2. The van der Waals surface area contributed by atoms with Crippen molar-refractivity contribution in [3.63, 3.8) is 0 Å². The summed E-state index contributed by atoms with van der Waals surface area (Å²) in [5.41, 5.74) is 3.16. The highest BCUT2D eigenvalue weighted by molar-refractivity contribution is 6.51. The number of aliphatic hydroxyl groups excluding tert-OH is 1. The molecule has 2 aliphatic rings. The second kappa shape index (κ2) is 8.28. The summed E-state index contributed by atoms with van der Waals surface area (Å²) < 4.78 is 11.3. The van der Waals surface area contributed by atoms with Crippen molar-refractivity contribution in [3.05, 3.63) is 88.9 Å². The van der Waals surface area contributed by atoms with Crippen LogP contribution in [0.3, 0.4) is 0 Å². The number of furan rings is 1. The van der Waals surface area contributed by atoms with Crippen molar-refractivity contribution in [3.8, 4) is 5.75 Å². The topological polar surface area (TPSA) is 80.0 Å². The number of hydrogen-bond donors (Lipinski definition) is 1. The van der Waals surface area contributed by atoms with Crippen LogP contribution in [0.15, 0.2) is 70.9 Å². The summed E-state index contributed by atoms with van der Waals surface area (Å²) in [7, 11) is 0. The van der Waals surface area contributed by atoms with Gasteiger partial charge < -0.3 is 14.3 Å². The average Bonchev–Trinajstić information content (AvgIpc) is 3.45. The highest BCUT2D eigenvalue weighted by Gasteiger charge is 2.48. The van der Waals surface area contributed by atoms with Crippen LogP contribution in [0.4, 0.5) is 5.69 Å². The standard InChI is InChI=1S/C27H25NO5/c1-16(2)17-7-10-20(11-8-17)28-24(22-6-4-14-33-22)23(26(30)27(28)31)25(29)19-9-12-21-18(15-19)5-3-13-32-21/h4,6-12,14-16,24,29H,3,5,13H2,1-2H3/b25-23-. The van der Waals surface area contributed by atoms with Gasteiger partial charge in [-0.2, -0.15) is 0 Å². The van der Waals surface area contributed by atoms with Gasteiger partial charge in [0.05, 0.1) is 18.4 Å². The van der Waals surface area contributed by atoms with E-state index in [4.69, 9.17) is 9.15 Å². The Morgan fingerprint density at radius 3 is 2.58 bits per heavy atom. The normalized spacial score (nSPS) is 19.6. The van der Waals surface area contributed by atoms with Gasteiger partial charge in [-0.3, -0.25) is 14.5 Å². The maximum absolute atomic E-state index is 13.2. The van der Waals surface area contributed by atoms with Gasteiger partial charge in [0.25, 0.3) is 11.7 Å². The fourth-order valence-electron chi connectivity index (χ4n) is 4.50. The molecule has 1 N–H and O–H groups in total. The Morgan fingerprint density at radius 1 is 1.09 bits per heavy atom. The second-order valence-electron chi connectivity index (χ2n) is 8.71. The highest BCUT2D eigenvalue weighted by Crippen LogP contribution is 2.43. The number of fused-ring (bicyclic) bond motifs is 1. The van der Waals surface area contributed by atoms with E-state index in [2.05, 4.69) is 13.8 Å². The quantitative estimate of drug-likeness (QED) is 0.334. The van der Waals surface area contributed by atoms with E-state index in [0.717, 1.165) is 29.7 Å². The van der Waals surface area contributed by atoms with E-state index < -0.39 is 17.7 Å². The number of anilines is 1. The Morgan fingerprint density at radius 2 is 1.88 bits per heavy atom. The molecule has 1 aromatic heterocycles. The van der Waals surface area contributed by atoms with Crippen molar-refractivity contribution in [2.75, 3.05) is 11.5 Å². The number of Topliss-reactive ketones (excluding diaryl/α,β-unsaturated/α-hetero) is 1. The predicted molar refractivity (Wildman–Crippen MR) is 124 cm³/mol. The smallest absolute Gasteiger partial charge is 0.300 e. The molecule has 33 heavy (non-hydrogen) atoms. The summed E-state index contributed by atoms with van der Waals surface area (Å²) in [5.74, 6) is -0.129. The minimum absolute atomic E-state index is 0.0135. The first-order valence-electron chi connectivity index (χ1n) is 11.2. The summed E-state index contributed by atoms with van der Waals surface area (Å²) in [6.07, 6.45) is 3.21. The third kappa shape index (κ3) is 3.61. The van der Waals surface area contributed by atoms with Crippen molar-refractivity contribution >= 4 is 23.1 Å². The first kappa shape index (κ1) is 21.1. The van der Waals surface area contributed by atoms with Crippen molar-refractivity contribution in [1.29, 1.82) is 0 Å². The molecule has 2 aromatic carbocycles. The molecule has 1 fully saturated rings. The van der Waals surface area contributed by atoms with Crippen molar-refractivity contribution in [1.82, 2.24) is 0 Å². The molecule has 0 bridgehead atoms. The molecule has 0 saturated carbocycles. The van der Waals surface area contributed by atoms with Gasteiger partial charge >= 0.3 is 0 Å². The number of carbonyl (C=O) groups excluding carboxylic acids is 2. The molecule has 1 atom stereocenters. The molecular weight excluding hydrogens is 418 g/mol. The van der Waals surface area contributed by atoms with Crippen LogP contribution < -0.4 is 9.64 Å². The van der Waals surface area contributed by atoms with Gasteiger partial charge in [-0.15, -0.1) is 0 Å². The zero-order valence-corrected chi connectivity index (χ0v) is 18.6. The molecule has 168 valence electrons. The summed E-state index contributed by atoms with van der Waals surface area (Å²) in [6.45, 7) is 4.85. The molecule has 3 aromatic rings. The third-order valence-corrected chi connectivity index (χ3v) is 6.28. The minimum atomic E-state index is -0.864. The van der Waals surface area contributed by atoms with E-state index in [0.29, 0.717) is 29.5 Å². The average molecular weight is 443 g/mol. The monoisotopic (exact) mass is 443 g/mol. The Hall–Kier alpha value is -3.80. The van der Waals surface area contributed by atoms with Crippen LogP contribution in [0, 0.1) is 0 Å². The van der Waals surface area contributed by atoms with E-state index in [1.54, 1.807) is 24.3 Å². The first-order chi connectivity index (χ1) is 16.0. The molecule has 5 rings (SSSR count). The summed E-state index contributed by atoms with van der Waals surface area (Å²) in [6, 6.07) is 15.4. The Labute approximate surface area is 192 Å². The molecular formula is C27H25NO5. The first-order valence-corrected chi connectivity index (χ1v) is 11.2. The number of nitrogens with zero attached hydrogens (tertiary/aromatic N) is 1. The lowest BCUT2D eigenvalue weighted by Gasteiger charge is -2.24. The van der Waals surface area contributed by atoms with E-state index in [1.165, 1.54) is 11.2 Å². The SMILES string of the molecule is CC(C)c1ccc(N2C(=O)C(=O)/C(=C(\O)c3ccc4c(c3)CCCO4)C2c2ccco2)cc1. The van der Waals surface area contributed by atoms with Crippen LogP contribution >= 0.6 is 0 Å². The maximum atomic E-state index is 13.2. The number of benzene rings is 2.